The Bertz CT molecular complexity index is 1350. The topological polar surface area (TPSA) is 96.0 Å². The summed E-state index contributed by atoms with van der Waals surface area (Å²) in [6.45, 7) is 5.89. The molecule has 0 aromatic heterocycles. The molecule has 8 nitrogen and oxygen atoms in total. The Hall–Kier alpha value is -3.56. The van der Waals surface area contributed by atoms with E-state index in [2.05, 4.69) is 5.32 Å². The number of ether oxygens (including phenoxy) is 1. The molecule has 1 N–H and O–H groups in total. The lowest BCUT2D eigenvalue weighted by atomic mass is 10.1. The number of nitrogens with one attached hydrogen (secondary N) is 1. The molecule has 0 aliphatic carbocycles. The molecule has 39 heavy (non-hydrogen) atoms. The number of benzene rings is 3. The highest BCUT2D eigenvalue weighted by Gasteiger charge is 2.32. The number of rotatable bonds is 13. The van der Waals surface area contributed by atoms with Crippen molar-refractivity contribution in [2.24, 2.45) is 0 Å². The maximum Gasteiger partial charge on any atom is 0.264 e. The lowest BCUT2D eigenvalue weighted by Crippen LogP contribution is -2.51. The van der Waals surface area contributed by atoms with Gasteiger partial charge in [0, 0.05) is 18.1 Å². The molecule has 0 bridgehead atoms. The van der Waals surface area contributed by atoms with E-state index in [0.717, 1.165) is 10.7 Å². The van der Waals surface area contributed by atoms with Crippen molar-refractivity contribution < 1.29 is 22.7 Å². The summed E-state index contributed by atoms with van der Waals surface area (Å²) in [6, 6.07) is 20.5. The van der Waals surface area contributed by atoms with Gasteiger partial charge in [0.2, 0.25) is 11.8 Å². The molecule has 3 aromatic carbocycles. The van der Waals surface area contributed by atoms with Crippen LogP contribution in [0.5, 0.6) is 5.75 Å². The van der Waals surface area contributed by atoms with Crippen LogP contribution in [0.1, 0.15) is 32.8 Å². The molecule has 0 spiro atoms. The van der Waals surface area contributed by atoms with Crippen molar-refractivity contribution in [2.75, 3.05) is 24.0 Å². The van der Waals surface area contributed by atoms with E-state index in [9.17, 15) is 18.0 Å². The van der Waals surface area contributed by atoms with Crippen LogP contribution in [0.4, 0.5) is 5.69 Å². The van der Waals surface area contributed by atoms with Crippen LogP contribution in [0.3, 0.4) is 0 Å². The number of sulfonamides is 1. The van der Waals surface area contributed by atoms with Gasteiger partial charge < -0.3 is 15.0 Å². The molecular weight excluding hydrogens is 538 g/mol. The average Bonchev–Trinajstić information content (AvgIpc) is 2.94. The van der Waals surface area contributed by atoms with Crippen LogP contribution >= 0.6 is 11.6 Å². The average molecular weight is 572 g/mol. The molecule has 3 aromatic rings. The first-order valence-corrected chi connectivity index (χ1v) is 14.6. The minimum atomic E-state index is -4.12. The smallest absolute Gasteiger partial charge is 0.264 e. The van der Waals surface area contributed by atoms with Crippen molar-refractivity contribution in [1.29, 1.82) is 0 Å². The molecule has 10 heteroatoms. The van der Waals surface area contributed by atoms with Gasteiger partial charge in [-0.05, 0) is 74.4 Å². The number of carbonyl (C=O) groups is 2. The second kappa shape index (κ2) is 14.0. The molecule has 0 fully saturated rings. The second-order valence-corrected chi connectivity index (χ2v) is 11.2. The largest absolute Gasteiger partial charge is 0.494 e. The van der Waals surface area contributed by atoms with Gasteiger partial charge >= 0.3 is 0 Å². The third-order valence-corrected chi connectivity index (χ3v) is 8.03. The Morgan fingerprint density at radius 1 is 0.974 bits per heavy atom. The number of amides is 2. The fourth-order valence-electron chi connectivity index (χ4n) is 3.93. The molecule has 2 amide bonds. The lowest BCUT2D eigenvalue weighted by molar-refractivity contribution is -0.139. The summed E-state index contributed by atoms with van der Waals surface area (Å²) in [5.74, 6) is -0.290. The Morgan fingerprint density at radius 3 is 2.28 bits per heavy atom. The van der Waals surface area contributed by atoms with Crippen LogP contribution in [0.2, 0.25) is 5.02 Å². The zero-order chi connectivity index (χ0) is 28.4. The first-order valence-electron chi connectivity index (χ1n) is 12.8. The van der Waals surface area contributed by atoms with Gasteiger partial charge in [-0.2, -0.15) is 0 Å². The number of anilines is 1. The molecule has 0 aliphatic rings. The maximum atomic E-state index is 13.9. The zero-order valence-electron chi connectivity index (χ0n) is 22.3. The van der Waals surface area contributed by atoms with Crippen LogP contribution < -0.4 is 14.4 Å². The van der Waals surface area contributed by atoms with E-state index in [1.807, 2.05) is 13.8 Å². The van der Waals surface area contributed by atoms with Gasteiger partial charge in [-0.25, -0.2) is 8.42 Å². The summed E-state index contributed by atoms with van der Waals surface area (Å²) in [7, 11) is -4.12. The van der Waals surface area contributed by atoms with Gasteiger partial charge in [0.1, 0.15) is 18.3 Å². The predicted octanol–water partition coefficient (Wildman–Crippen LogP) is 4.88. The van der Waals surface area contributed by atoms with E-state index in [1.54, 1.807) is 73.7 Å². The standard InChI is InChI=1S/C29H34ClN3O5S/c1-4-18-31-29(35)22(3)32(20-23-10-9-11-24(30)19-23)28(34)21-33(25-14-16-26(17-15-25)38-5-2)39(36,37)27-12-7-6-8-13-27/h6-17,19,22H,4-5,18,20-21H2,1-3H3,(H,31,35)/t22-/m0/s1. The highest BCUT2D eigenvalue weighted by atomic mass is 35.5. The molecule has 208 valence electrons. The normalized spacial score (nSPS) is 11.9. The summed E-state index contributed by atoms with van der Waals surface area (Å²) < 4.78 is 34.1. The number of hydrogen-bond donors (Lipinski definition) is 1. The lowest BCUT2D eigenvalue weighted by Gasteiger charge is -2.32. The van der Waals surface area contributed by atoms with Crippen LogP contribution in [0, 0.1) is 0 Å². The SMILES string of the molecule is CCCNC(=O)[C@H](C)N(Cc1cccc(Cl)c1)C(=O)CN(c1ccc(OCC)cc1)S(=O)(=O)c1ccccc1. The fraction of sp³-hybridized carbons (Fsp3) is 0.310. The first-order chi connectivity index (χ1) is 18.7. The first kappa shape index (κ1) is 30.0. The second-order valence-electron chi connectivity index (χ2n) is 8.87. The van der Waals surface area contributed by atoms with Crippen LogP contribution in [-0.2, 0) is 26.2 Å². The molecule has 1 atom stereocenters. The molecule has 0 aliphatic heterocycles. The maximum absolute atomic E-state index is 13.9. The molecule has 0 saturated carbocycles. The van der Waals surface area contributed by atoms with Crippen molar-refractivity contribution in [3.05, 3.63) is 89.4 Å². The van der Waals surface area contributed by atoms with Crippen LogP contribution in [0.15, 0.2) is 83.8 Å². The van der Waals surface area contributed by atoms with E-state index in [4.69, 9.17) is 16.3 Å². The monoisotopic (exact) mass is 571 g/mol. The molecule has 0 unspecified atom stereocenters. The van der Waals surface area contributed by atoms with E-state index in [0.29, 0.717) is 35.2 Å². The Balaban J connectivity index is 2.01. The molecular formula is C29H34ClN3O5S. The Kier molecular flexibility index (Phi) is 10.8. The number of halogens is 1. The molecule has 0 saturated heterocycles. The van der Waals surface area contributed by atoms with Crippen molar-refractivity contribution in [3.63, 3.8) is 0 Å². The number of carbonyl (C=O) groups excluding carboxylic acids is 2. The third kappa shape index (κ3) is 7.97. The Labute approximate surface area is 235 Å². The van der Waals surface area contributed by atoms with Crippen molar-refractivity contribution in [3.8, 4) is 5.75 Å². The van der Waals surface area contributed by atoms with Crippen LogP contribution in [0.25, 0.3) is 0 Å². The van der Waals surface area contributed by atoms with Crippen LogP contribution in [-0.4, -0.2) is 50.9 Å². The summed E-state index contributed by atoms with van der Waals surface area (Å²) in [5.41, 5.74) is 1.01. The highest BCUT2D eigenvalue weighted by molar-refractivity contribution is 7.92. The summed E-state index contributed by atoms with van der Waals surface area (Å²) in [4.78, 5) is 28.2. The van der Waals surface area contributed by atoms with Gasteiger partial charge in [0.15, 0.2) is 0 Å². The quantitative estimate of drug-likeness (QED) is 0.315. The Morgan fingerprint density at radius 2 is 1.67 bits per heavy atom. The van der Waals surface area contributed by atoms with Gasteiger partial charge in [0.05, 0.1) is 17.2 Å². The van der Waals surface area contributed by atoms with Gasteiger partial charge in [-0.3, -0.25) is 13.9 Å². The molecule has 0 radical (unpaired) electrons. The predicted molar refractivity (Wildman–Crippen MR) is 153 cm³/mol. The summed E-state index contributed by atoms with van der Waals surface area (Å²) in [6.07, 6.45) is 0.738. The highest BCUT2D eigenvalue weighted by Crippen LogP contribution is 2.26. The third-order valence-electron chi connectivity index (χ3n) is 6.00. The van der Waals surface area contributed by atoms with Crippen molar-refractivity contribution in [2.45, 2.75) is 44.7 Å². The summed E-state index contributed by atoms with van der Waals surface area (Å²) in [5, 5.41) is 3.31. The van der Waals surface area contributed by atoms with Gasteiger partial charge in [-0.15, -0.1) is 0 Å². The number of nitrogens with zero attached hydrogens (tertiary/aromatic N) is 2. The van der Waals surface area contributed by atoms with Crippen molar-refractivity contribution in [1.82, 2.24) is 10.2 Å². The minimum Gasteiger partial charge on any atom is -0.494 e. The van der Waals surface area contributed by atoms with E-state index >= 15 is 0 Å². The zero-order valence-corrected chi connectivity index (χ0v) is 23.9. The van der Waals surface area contributed by atoms with Crippen molar-refractivity contribution >= 4 is 39.1 Å². The van der Waals surface area contributed by atoms with Gasteiger partial charge in [-0.1, -0.05) is 48.9 Å². The molecule has 3 rings (SSSR count). The van der Waals surface area contributed by atoms with E-state index in [1.165, 1.54) is 17.0 Å². The number of hydrogen-bond acceptors (Lipinski definition) is 5. The molecule has 0 heterocycles. The summed E-state index contributed by atoms with van der Waals surface area (Å²) >= 11 is 6.17. The fourth-order valence-corrected chi connectivity index (χ4v) is 5.58. The van der Waals surface area contributed by atoms with Gasteiger partial charge in [0.25, 0.3) is 10.0 Å². The minimum absolute atomic E-state index is 0.0433. The van der Waals surface area contributed by atoms with E-state index < -0.39 is 28.5 Å². The van der Waals surface area contributed by atoms with E-state index in [-0.39, 0.29) is 17.3 Å².